The van der Waals surface area contributed by atoms with Crippen LogP contribution in [0.1, 0.15) is 413 Å². The van der Waals surface area contributed by atoms with Gasteiger partial charge in [-0.3, -0.25) is 37.3 Å². The molecule has 0 radical (unpaired) electrons. The molecule has 0 aromatic heterocycles. The van der Waals surface area contributed by atoms with Crippen LogP contribution in [0, 0.1) is 5.92 Å². The third-order valence-electron chi connectivity index (χ3n) is 18.3. The Bertz CT molecular complexity index is 1860. The maximum absolute atomic E-state index is 13.1. The van der Waals surface area contributed by atoms with Crippen LogP contribution in [0.3, 0.4) is 0 Å². The summed E-state index contributed by atoms with van der Waals surface area (Å²) in [5.41, 5.74) is 0. The molecular weight excluding hydrogens is 1270 g/mol. The van der Waals surface area contributed by atoms with Crippen LogP contribution in [0.5, 0.6) is 0 Å². The van der Waals surface area contributed by atoms with E-state index in [0.29, 0.717) is 25.7 Å². The highest BCUT2D eigenvalue weighted by Gasteiger charge is 2.30. The van der Waals surface area contributed by atoms with Crippen LogP contribution in [0.4, 0.5) is 0 Å². The van der Waals surface area contributed by atoms with Crippen molar-refractivity contribution in [1.29, 1.82) is 0 Å². The lowest BCUT2D eigenvalue weighted by molar-refractivity contribution is -0.161. The van der Waals surface area contributed by atoms with E-state index < -0.39 is 97.5 Å². The second kappa shape index (κ2) is 71.1. The Morgan fingerprint density at radius 2 is 0.474 bits per heavy atom. The maximum Gasteiger partial charge on any atom is 0.472 e. The second-order valence-electron chi connectivity index (χ2n) is 28.6. The van der Waals surface area contributed by atoms with Gasteiger partial charge in [-0.1, -0.05) is 362 Å². The van der Waals surface area contributed by atoms with Crippen molar-refractivity contribution in [2.24, 2.45) is 5.92 Å². The molecule has 0 rings (SSSR count). The molecule has 0 heterocycles. The first-order valence-corrected chi connectivity index (χ1v) is 43.6. The van der Waals surface area contributed by atoms with Crippen LogP contribution in [0.25, 0.3) is 0 Å². The largest absolute Gasteiger partial charge is 0.472 e. The second-order valence-corrected chi connectivity index (χ2v) is 31.5. The molecule has 0 saturated heterocycles. The summed E-state index contributed by atoms with van der Waals surface area (Å²) in [6.45, 7) is 7.30. The number of unbranched alkanes of at least 4 members (excludes halogenated alkanes) is 50. The molecule has 97 heavy (non-hydrogen) atoms. The minimum atomic E-state index is -4.96. The minimum Gasteiger partial charge on any atom is -0.462 e. The highest BCUT2D eigenvalue weighted by Crippen LogP contribution is 2.45. The number of phosphoric ester groups is 2. The maximum atomic E-state index is 13.1. The first kappa shape index (κ1) is 95.1. The summed E-state index contributed by atoms with van der Waals surface area (Å²) in [7, 11) is -9.91. The Labute approximate surface area is 594 Å². The van der Waals surface area contributed by atoms with Crippen molar-refractivity contribution in [3.05, 3.63) is 0 Å². The van der Waals surface area contributed by atoms with Gasteiger partial charge in [-0.05, 0) is 31.6 Å². The third kappa shape index (κ3) is 72.2. The van der Waals surface area contributed by atoms with Crippen molar-refractivity contribution in [3.8, 4) is 0 Å². The zero-order chi connectivity index (χ0) is 71.2. The molecule has 0 fully saturated rings. The highest BCUT2D eigenvalue weighted by molar-refractivity contribution is 7.47. The number of aliphatic hydroxyl groups excluding tert-OH is 1. The molecule has 0 aromatic carbocycles. The molecule has 0 aliphatic heterocycles. The lowest BCUT2D eigenvalue weighted by Gasteiger charge is -2.21. The van der Waals surface area contributed by atoms with Crippen LogP contribution in [0.15, 0.2) is 0 Å². The number of aliphatic hydroxyl groups is 1. The summed E-state index contributed by atoms with van der Waals surface area (Å²) < 4.78 is 68.6. The predicted octanol–water partition coefficient (Wildman–Crippen LogP) is 23.3. The van der Waals surface area contributed by atoms with E-state index in [-0.39, 0.29) is 25.7 Å². The highest BCUT2D eigenvalue weighted by atomic mass is 31.2. The number of carbonyl (C=O) groups is 4. The number of esters is 4. The van der Waals surface area contributed by atoms with Crippen LogP contribution in [-0.2, 0) is 65.4 Å². The normalized spacial score (nSPS) is 13.9. The SMILES string of the molecule is CCCCCCCCCCCCCCCCCCCCC(=O)O[C@H](COC(=O)CCCCCCCCCCCCCCCCCC)COP(=O)(O)OC[C@@H](O)COP(=O)(O)OC[C@@H](COC(=O)CCCCCCCCCCCC)OC(=O)CCCCCCCCCCCCC(C)C. The van der Waals surface area contributed by atoms with Gasteiger partial charge < -0.3 is 33.8 Å². The number of phosphoric acid groups is 2. The smallest absolute Gasteiger partial charge is 0.462 e. The first-order chi connectivity index (χ1) is 47.0. The van der Waals surface area contributed by atoms with Crippen LogP contribution >= 0.6 is 15.6 Å². The zero-order valence-electron chi connectivity index (χ0n) is 63.2. The van der Waals surface area contributed by atoms with Gasteiger partial charge in [0.1, 0.15) is 19.3 Å². The van der Waals surface area contributed by atoms with Crippen molar-refractivity contribution in [2.45, 2.75) is 432 Å². The fraction of sp³-hybridized carbons (Fsp3) is 0.949. The van der Waals surface area contributed by atoms with Gasteiger partial charge in [0.25, 0.3) is 0 Å². The summed E-state index contributed by atoms with van der Waals surface area (Å²) in [5.74, 6) is -1.36. The lowest BCUT2D eigenvalue weighted by atomic mass is 10.0. The van der Waals surface area contributed by atoms with Gasteiger partial charge in [0, 0.05) is 25.7 Å². The molecule has 2 unspecified atom stereocenters. The Kier molecular flexibility index (Phi) is 69.6. The molecule has 0 aromatic rings. The molecular formula is C78H152O17P2. The van der Waals surface area contributed by atoms with E-state index >= 15 is 0 Å². The van der Waals surface area contributed by atoms with Gasteiger partial charge in [0.2, 0.25) is 0 Å². The quantitative estimate of drug-likeness (QED) is 0.0222. The molecule has 17 nitrogen and oxygen atoms in total. The average Bonchev–Trinajstić information content (AvgIpc) is 1.45. The van der Waals surface area contributed by atoms with Crippen molar-refractivity contribution < 1.29 is 80.2 Å². The van der Waals surface area contributed by atoms with E-state index in [2.05, 4.69) is 34.6 Å². The summed E-state index contributed by atoms with van der Waals surface area (Å²) in [5, 5.41) is 10.6. The van der Waals surface area contributed by atoms with Crippen molar-refractivity contribution in [1.82, 2.24) is 0 Å². The summed E-state index contributed by atoms with van der Waals surface area (Å²) >= 11 is 0. The van der Waals surface area contributed by atoms with Gasteiger partial charge in [-0.25, -0.2) is 9.13 Å². The molecule has 19 heteroatoms. The number of hydrogen-bond donors (Lipinski definition) is 3. The van der Waals surface area contributed by atoms with Crippen molar-refractivity contribution >= 4 is 39.5 Å². The Hall–Kier alpha value is -1.94. The molecule has 576 valence electrons. The van der Waals surface area contributed by atoms with Gasteiger partial charge in [0.05, 0.1) is 26.4 Å². The number of hydrogen-bond acceptors (Lipinski definition) is 15. The molecule has 0 amide bonds. The summed E-state index contributed by atoms with van der Waals surface area (Å²) in [6.07, 6.45) is 61.0. The van der Waals surface area contributed by atoms with E-state index in [1.807, 2.05) is 0 Å². The Morgan fingerprint density at radius 3 is 0.701 bits per heavy atom. The van der Waals surface area contributed by atoms with Crippen molar-refractivity contribution in [2.75, 3.05) is 39.6 Å². The van der Waals surface area contributed by atoms with Crippen LogP contribution < -0.4 is 0 Å². The molecule has 0 aliphatic rings. The molecule has 5 atom stereocenters. The lowest BCUT2D eigenvalue weighted by Crippen LogP contribution is -2.30. The van der Waals surface area contributed by atoms with E-state index in [4.69, 9.17) is 37.0 Å². The number of carbonyl (C=O) groups excluding carboxylic acids is 4. The van der Waals surface area contributed by atoms with E-state index in [1.54, 1.807) is 0 Å². The van der Waals surface area contributed by atoms with Gasteiger partial charge in [-0.2, -0.15) is 0 Å². The molecule has 0 spiro atoms. The van der Waals surface area contributed by atoms with Crippen LogP contribution in [-0.4, -0.2) is 96.7 Å². The topological polar surface area (TPSA) is 237 Å². The average molecular weight is 1420 g/mol. The monoisotopic (exact) mass is 1420 g/mol. The molecule has 0 aliphatic carbocycles. The number of rotatable bonds is 78. The fourth-order valence-corrected chi connectivity index (χ4v) is 13.6. The summed E-state index contributed by atoms with van der Waals surface area (Å²) in [4.78, 5) is 72.9. The minimum absolute atomic E-state index is 0.106. The fourth-order valence-electron chi connectivity index (χ4n) is 12.1. The summed E-state index contributed by atoms with van der Waals surface area (Å²) in [6, 6.07) is 0. The van der Waals surface area contributed by atoms with Gasteiger partial charge in [-0.15, -0.1) is 0 Å². The molecule has 3 N–H and O–H groups in total. The van der Waals surface area contributed by atoms with E-state index in [0.717, 1.165) is 95.8 Å². The Morgan fingerprint density at radius 1 is 0.278 bits per heavy atom. The Balaban J connectivity index is 5.24. The van der Waals surface area contributed by atoms with Crippen LogP contribution in [0.2, 0.25) is 0 Å². The first-order valence-electron chi connectivity index (χ1n) is 40.6. The van der Waals surface area contributed by atoms with E-state index in [1.165, 1.54) is 238 Å². The zero-order valence-corrected chi connectivity index (χ0v) is 65.0. The standard InChI is InChI=1S/C78H152O17P2/c1-6-9-12-15-18-21-24-26-28-30-31-33-35-37-43-48-53-58-63-77(82)94-74(68-89-76(81)62-57-52-47-42-36-34-32-29-27-25-22-19-16-13-10-7-2)70-93-97(86,87)91-66-72(79)65-90-96(84,85)92-69-73(67-88-75(80)61-56-51-46-41-23-20-17-14-11-8-3)95-78(83)64-59-54-49-44-39-38-40-45-50-55-60-71(4)5/h71-74,79H,6-70H2,1-5H3,(H,84,85)(H,86,87)/t72-,73+,74+/m0/s1. The molecule has 0 saturated carbocycles. The predicted molar refractivity (Wildman–Crippen MR) is 395 cm³/mol. The van der Waals surface area contributed by atoms with Gasteiger partial charge >= 0.3 is 39.5 Å². The van der Waals surface area contributed by atoms with E-state index in [9.17, 15) is 43.2 Å². The molecule has 0 bridgehead atoms. The third-order valence-corrected chi connectivity index (χ3v) is 20.2. The van der Waals surface area contributed by atoms with Gasteiger partial charge in [0.15, 0.2) is 12.2 Å². The number of ether oxygens (including phenoxy) is 4. The van der Waals surface area contributed by atoms with Crippen molar-refractivity contribution in [3.63, 3.8) is 0 Å².